The van der Waals surface area contributed by atoms with Crippen LogP contribution in [0.4, 0.5) is 0 Å². The highest BCUT2D eigenvalue weighted by Gasteiger charge is 1.98. The molecule has 0 aliphatic carbocycles. The van der Waals surface area contributed by atoms with E-state index in [1.165, 1.54) is 42.4 Å². The van der Waals surface area contributed by atoms with Gasteiger partial charge in [0.1, 0.15) is 0 Å². The molecule has 0 nitrogen and oxygen atoms in total. The van der Waals surface area contributed by atoms with Crippen LogP contribution < -0.4 is 0 Å². The lowest BCUT2D eigenvalue weighted by molar-refractivity contribution is 0.825. The molecule has 0 N–H and O–H groups in total. The molecule has 1 rings (SSSR count). The van der Waals surface area contributed by atoms with Crippen molar-refractivity contribution in [2.75, 3.05) is 0 Å². The summed E-state index contributed by atoms with van der Waals surface area (Å²) < 4.78 is 0. The molecular formula is C15H22. The summed E-state index contributed by atoms with van der Waals surface area (Å²) in [7, 11) is 0. The summed E-state index contributed by atoms with van der Waals surface area (Å²) in [5.41, 5.74) is 4.02. The van der Waals surface area contributed by atoms with Crippen LogP contribution in [-0.2, 0) is 6.42 Å². The lowest BCUT2D eigenvalue weighted by Gasteiger charge is -2.06. The zero-order chi connectivity index (χ0) is 11.1. The first-order chi connectivity index (χ1) is 7.27. The lowest BCUT2D eigenvalue weighted by Crippen LogP contribution is -1.86. The maximum absolute atomic E-state index is 4.14. The summed E-state index contributed by atoms with van der Waals surface area (Å²) >= 11 is 0. The van der Waals surface area contributed by atoms with E-state index in [9.17, 15) is 0 Å². The van der Waals surface area contributed by atoms with Crippen LogP contribution in [0.3, 0.4) is 0 Å². The summed E-state index contributed by atoms with van der Waals surface area (Å²) in [6, 6.07) is 8.89. The smallest absolute Gasteiger partial charge is 0.0230 e. The Balaban J connectivity index is 2.58. The average Bonchev–Trinajstić information content (AvgIpc) is 2.27. The average molecular weight is 202 g/mol. The van der Waals surface area contributed by atoms with Gasteiger partial charge in [-0.1, -0.05) is 57.5 Å². The van der Waals surface area contributed by atoms with Crippen LogP contribution in [0.2, 0.25) is 0 Å². The molecular weight excluding hydrogens is 180 g/mol. The molecule has 0 radical (unpaired) electrons. The van der Waals surface area contributed by atoms with E-state index >= 15 is 0 Å². The quantitative estimate of drug-likeness (QED) is 0.619. The molecule has 0 atom stereocenters. The van der Waals surface area contributed by atoms with Crippen molar-refractivity contribution in [2.45, 2.75) is 46.0 Å². The SMILES string of the molecule is C=C(CCCC)c1ccc(CCC)cc1. The highest BCUT2D eigenvalue weighted by atomic mass is 14.0. The Morgan fingerprint density at radius 3 is 2.27 bits per heavy atom. The predicted molar refractivity (Wildman–Crippen MR) is 69.0 cm³/mol. The standard InChI is InChI=1S/C15H22/c1-4-6-8-13(3)15-11-9-14(7-5-2)10-12-15/h9-12H,3-8H2,1-2H3. The van der Waals surface area contributed by atoms with Crippen molar-refractivity contribution < 1.29 is 0 Å². The van der Waals surface area contributed by atoms with Gasteiger partial charge in [0.2, 0.25) is 0 Å². The molecule has 1 aromatic rings. The van der Waals surface area contributed by atoms with Crippen molar-refractivity contribution in [3.05, 3.63) is 42.0 Å². The second-order valence-corrected chi connectivity index (χ2v) is 4.15. The van der Waals surface area contributed by atoms with E-state index in [-0.39, 0.29) is 0 Å². The van der Waals surface area contributed by atoms with Crippen molar-refractivity contribution in [3.63, 3.8) is 0 Å². The van der Waals surface area contributed by atoms with Crippen molar-refractivity contribution >= 4 is 5.57 Å². The minimum absolute atomic E-state index is 1.13. The molecule has 1 aromatic carbocycles. The molecule has 15 heavy (non-hydrogen) atoms. The summed E-state index contributed by atoms with van der Waals surface area (Å²) in [6.07, 6.45) is 6.02. The summed E-state index contributed by atoms with van der Waals surface area (Å²) in [6.45, 7) is 8.57. The fourth-order valence-corrected chi connectivity index (χ4v) is 1.73. The van der Waals surface area contributed by atoms with Gasteiger partial charge in [-0.15, -0.1) is 0 Å². The van der Waals surface area contributed by atoms with E-state index < -0.39 is 0 Å². The van der Waals surface area contributed by atoms with E-state index in [0.717, 1.165) is 6.42 Å². The Labute approximate surface area is 94.0 Å². The first-order valence-electron chi connectivity index (χ1n) is 6.05. The Morgan fingerprint density at radius 2 is 1.73 bits per heavy atom. The van der Waals surface area contributed by atoms with E-state index in [4.69, 9.17) is 0 Å². The number of unbranched alkanes of at least 4 members (excludes halogenated alkanes) is 1. The number of aryl methyl sites for hydroxylation is 1. The molecule has 0 spiro atoms. The van der Waals surface area contributed by atoms with Crippen LogP contribution in [0.15, 0.2) is 30.8 Å². The normalized spacial score (nSPS) is 10.3. The van der Waals surface area contributed by atoms with Crippen LogP contribution in [0.1, 0.15) is 50.7 Å². The fraction of sp³-hybridized carbons (Fsp3) is 0.467. The minimum atomic E-state index is 1.13. The van der Waals surface area contributed by atoms with Gasteiger partial charge >= 0.3 is 0 Å². The van der Waals surface area contributed by atoms with Crippen LogP contribution in [-0.4, -0.2) is 0 Å². The summed E-state index contributed by atoms with van der Waals surface area (Å²) in [4.78, 5) is 0. The molecule has 82 valence electrons. The third kappa shape index (κ3) is 3.91. The zero-order valence-electron chi connectivity index (χ0n) is 10.1. The Kier molecular flexibility index (Phi) is 5.17. The Bertz CT molecular complexity index is 292. The fourth-order valence-electron chi connectivity index (χ4n) is 1.73. The number of hydrogen-bond donors (Lipinski definition) is 0. The topological polar surface area (TPSA) is 0 Å². The number of allylic oxidation sites excluding steroid dienone is 1. The third-order valence-electron chi connectivity index (χ3n) is 2.73. The van der Waals surface area contributed by atoms with Crippen LogP contribution in [0.25, 0.3) is 5.57 Å². The summed E-state index contributed by atoms with van der Waals surface area (Å²) in [5, 5.41) is 0. The molecule has 0 unspecified atom stereocenters. The maximum Gasteiger partial charge on any atom is -0.0230 e. The van der Waals surface area contributed by atoms with Gasteiger partial charge in [0.15, 0.2) is 0 Å². The molecule has 0 aliphatic heterocycles. The molecule has 0 aromatic heterocycles. The zero-order valence-corrected chi connectivity index (χ0v) is 10.1. The minimum Gasteiger partial charge on any atom is -0.0952 e. The largest absolute Gasteiger partial charge is 0.0952 e. The van der Waals surface area contributed by atoms with Gasteiger partial charge in [-0.05, 0) is 36.0 Å². The molecule has 0 heteroatoms. The van der Waals surface area contributed by atoms with Crippen LogP contribution in [0, 0.1) is 0 Å². The number of hydrogen-bond acceptors (Lipinski definition) is 0. The van der Waals surface area contributed by atoms with Gasteiger partial charge < -0.3 is 0 Å². The first kappa shape index (κ1) is 12.0. The van der Waals surface area contributed by atoms with Gasteiger partial charge in [-0.2, -0.15) is 0 Å². The van der Waals surface area contributed by atoms with Gasteiger partial charge in [0.05, 0.1) is 0 Å². The van der Waals surface area contributed by atoms with E-state index in [2.05, 4.69) is 44.7 Å². The molecule has 0 saturated heterocycles. The first-order valence-corrected chi connectivity index (χ1v) is 6.05. The van der Waals surface area contributed by atoms with E-state index in [1.54, 1.807) is 0 Å². The van der Waals surface area contributed by atoms with Crippen molar-refractivity contribution in [3.8, 4) is 0 Å². The van der Waals surface area contributed by atoms with E-state index in [1.807, 2.05) is 0 Å². The molecule has 0 aliphatic rings. The second kappa shape index (κ2) is 6.44. The summed E-state index contributed by atoms with van der Waals surface area (Å²) in [5.74, 6) is 0. The molecule has 0 amide bonds. The monoisotopic (exact) mass is 202 g/mol. The van der Waals surface area contributed by atoms with Crippen molar-refractivity contribution in [2.24, 2.45) is 0 Å². The highest BCUT2D eigenvalue weighted by molar-refractivity contribution is 5.63. The molecule has 0 saturated carbocycles. The second-order valence-electron chi connectivity index (χ2n) is 4.15. The maximum atomic E-state index is 4.14. The van der Waals surface area contributed by atoms with Gasteiger partial charge in [0, 0.05) is 0 Å². The Morgan fingerprint density at radius 1 is 1.07 bits per heavy atom. The predicted octanol–water partition coefficient (Wildman–Crippen LogP) is 4.84. The third-order valence-corrected chi connectivity index (χ3v) is 2.73. The van der Waals surface area contributed by atoms with Crippen LogP contribution in [0.5, 0.6) is 0 Å². The number of benzene rings is 1. The van der Waals surface area contributed by atoms with Crippen molar-refractivity contribution in [1.82, 2.24) is 0 Å². The van der Waals surface area contributed by atoms with Gasteiger partial charge in [-0.3, -0.25) is 0 Å². The molecule has 0 heterocycles. The highest BCUT2D eigenvalue weighted by Crippen LogP contribution is 2.19. The molecule has 0 fully saturated rings. The van der Waals surface area contributed by atoms with Crippen LogP contribution >= 0.6 is 0 Å². The van der Waals surface area contributed by atoms with Crippen molar-refractivity contribution in [1.29, 1.82) is 0 Å². The number of rotatable bonds is 6. The lowest BCUT2D eigenvalue weighted by atomic mass is 10.00. The van der Waals surface area contributed by atoms with E-state index in [0.29, 0.717) is 0 Å². The van der Waals surface area contributed by atoms with Gasteiger partial charge in [-0.25, -0.2) is 0 Å². The van der Waals surface area contributed by atoms with Gasteiger partial charge in [0.25, 0.3) is 0 Å². The Hall–Kier alpha value is -1.04. The molecule has 0 bridgehead atoms.